The molecule has 1 fully saturated rings. The van der Waals surface area contributed by atoms with E-state index in [4.69, 9.17) is 0 Å². The fourth-order valence-corrected chi connectivity index (χ4v) is 2.96. The van der Waals surface area contributed by atoms with Crippen molar-refractivity contribution < 1.29 is 10.2 Å². The van der Waals surface area contributed by atoms with E-state index in [1.165, 1.54) is 0 Å². The molecular weight excluding hydrogens is 196 g/mol. The Kier molecular flexibility index (Phi) is 2.70. The van der Waals surface area contributed by atoms with Crippen molar-refractivity contribution in [3.63, 3.8) is 0 Å². The van der Waals surface area contributed by atoms with Crippen molar-refractivity contribution in [2.75, 3.05) is 11.5 Å². The van der Waals surface area contributed by atoms with Crippen molar-refractivity contribution in [3.8, 4) is 5.75 Å². The summed E-state index contributed by atoms with van der Waals surface area (Å²) >= 11 is 1.87. The van der Waals surface area contributed by atoms with E-state index in [2.05, 4.69) is 0 Å². The molecule has 1 saturated heterocycles. The lowest BCUT2D eigenvalue weighted by Gasteiger charge is -2.32. The lowest BCUT2D eigenvalue weighted by atomic mass is 9.88. The number of thioether (sulfide) groups is 1. The molecule has 1 heterocycles. The minimum atomic E-state index is -0.718. The molecule has 0 aliphatic carbocycles. The fraction of sp³-hybridized carbons (Fsp3) is 0.455. The Morgan fingerprint density at radius 3 is 2.57 bits per heavy atom. The molecule has 1 aromatic rings. The number of rotatable bonds is 1. The summed E-state index contributed by atoms with van der Waals surface area (Å²) < 4.78 is 0. The summed E-state index contributed by atoms with van der Waals surface area (Å²) in [5.74, 6) is 2.22. The summed E-state index contributed by atoms with van der Waals surface area (Å²) in [5, 5.41) is 19.7. The van der Waals surface area contributed by atoms with Gasteiger partial charge in [-0.15, -0.1) is 0 Å². The molecule has 1 aliphatic heterocycles. The zero-order chi connectivity index (χ0) is 10.0. The van der Waals surface area contributed by atoms with Crippen LogP contribution in [-0.4, -0.2) is 21.7 Å². The van der Waals surface area contributed by atoms with Crippen molar-refractivity contribution in [3.05, 3.63) is 29.8 Å². The first-order valence-corrected chi connectivity index (χ1v) is 5.96. The standard InChI is InChI=1S/C11H14O2S/c12-10-3-1-2-9(8-10)11(13)4-6-14-7-5-11/h1-3,8,12-13H,4-7H2. The van der Waals surface area contributed by atoms with E-state index < -0.39 is 5.60 Å². The summed E-state index contributed by atoms with van der Waals surface area (Å²) in [6, 6.07) is 6.96. The second kappa shape index (κ2) is 3.83. The number of phenolic OH excluding ortho intramolecular Hbond substituents is 1. The molecule has 3 heteroatoms. The SMILES string of the molecule is Oc1cccc(C2(O)CCSCC2)c1. The maximum Gasteiger partial charge on any atom is 0.115 e. The maximum atomic E-state index is 10.3. The average Bonchev–Trinajstić information content (AvgIpc) is 2.19. The van der Waals surface area contributed by atoms with Gasteiger partial charge in [0.05, 0.1) is 5.60 Å². The molecule has 1 aliphatic rings. The molecule has 0 amide bonds. The van der Waals surface area contributed by atoms with E-state index in [1.54, 1.807) is 18.2 Å². The minimum Gasteiger partial charge on any atom is -0.508 e. The normalized spacial score (nSPS) is 20.6. The van der Waals surface area contributed by atoms with Gasteiger partial charge in [0.1, 0.15) is 5.75 Å². The molecule has 0 unspecified atom stereocenters. The molecule has 0 radical (unpaired) electrons. The third kappa shape index (κ3) is 1.88. The van der Waals surface area contributed by atoms with Crippen molar-refractivity contribution in [1.29, 1.82) is 0 Å². The van der Waals surface area contributed by atoms with Crippen LogP contribution in [-0.2, 0) is 5.60 Å². The number of aromatic hydroxyl groups is 1. The van der Waals surface area contributed by atoms with Crippen LogP contribution in [0.5, 0.6) is 5.75 Å². The molecular formula is C11H14O2S. The zero-order valence-corrected chi connectivity index (χ0v) is 8.76. The van der Waals surface area contributed by atoms with Crippen molar-refractivity contribution in [2.24, 2.45) is 0 Å². The van der Waals surface area contributed by atoms with Crippen LogP contribution in [0.15, 0.2) is 24.3 Å². The van der Waals surface area contributed by atoms with Gasteiger partial charge in [-0.2, -0.15) is 11.8 Å². The minimum absolute atomic E-state index is 0.231. The summed E-state index contributed by atoms with van der Waals surface area (Å²) in [4.78, 5) is 0. The van der Waals surface area contributed by atoms with Crippen molar-refractivity contribution in [1.82, 2.24) is 0 Å². The van der Waals surface area contributed by atoms with E-state index >= 15 is 0 Å². The van der Waals surface area contributed by atoms with Gasteiger partial charge < -0.3 is 10.2 Å². The maximum absolute atomic E-state index is 10.3. The molecule has 0 aromatic heterocycles. The van der Waals surface area contributed by atoms with E-state index in [-0.39, 0.29) is 5.75 Å². The molecule has 0 saturated carbocycles. The van der Waals surface area contributed by atoms with Crippen molar-refractivity contribution >= 4 is 11.8 Å². The lowest BCUT2D eigenvalue weighted by Crippen LogP contribution is -2.30. The quantitative estimate of drug-likeness (QED) is 0.746. The molecule has 14 heavy (non-hydrogen) atoms. The number of benzene rings is 1. The fourth-order valence-electron chi connectivity index (χ4n) is 1.79. The Morgan fingerprint density at radius 2 is 1.93 bits per heavy atom. The van der Waals surface area contributed by atoms with Gasteiger partial charge in [-0.05, 0) is 42.0 Å². The first kappa shape index (κ1) is 9.87. The van der Waals surface area contributed by atoms with Gasteiger partial charge in [0.2, 0.25) is 0 Å². The van der Waals surface area contributed by atoms with E-state index in [1.807, 2.05) is 17.8 Å². The second-order valence-electron chi connectivity index (χ2n) is 3.69. The van der Waals surface area contributed by atoms with E-state index in [0.717, 1.165) is 29.9 Å². The second-order valence-corrected chi connectivity index (χ2v) is 4.92. The predicted molar refractivity (Wildman–Crippen MR) is 58.6 cm³/mol. The molecule has 0 spiro atoms. The Bertz CT molecular complexity index is 319. The largest absolute Gasteiger partial charge is 0.508 e. The third-order valence-electron chi connectivity index (χ3n) is 2.70. The third-order valence-corrected chi connectivity index (χ3v) is 3.69. The van der Waals surface area contributed by atoms with Gasteiger partial charge in [-0.1, -0.05) is 12.1 Å². The van der Waals surface area contributed by atoms with Gasteiger partial charge in [-0.25, -0.2) is 0 Å². The summed E-state index contributed by atoms with van der Waals surface area (Å²) in [7, 11) is 0. The zero-order valence-electron chi connectivity index (χ0n) is 7.94. The highest BCUT2D eigenvalue weighted by atomic mass is 32.2. The smallest absolute Gasteiger partial charge is 0.115 e. The van der Waals surface area contributed by atoms with Gasteiger partial charge >= 0.3 is 0 Å². The monoisotopic (exact) mass is 210 g/mol. The molecule has 1 aromatic carbocycles. The van der Waals surface area contributed by atoms with Gasteiger partial charge in [-0.3, -0.25) is 0 Å². The number of phenols is 1. The summed E-state index contributed by atoms with van der Waals surface area (Å²) in [6.45, 7) is 0. The first-order chi connectivity index (χ1) is 6.71. The van der Waals surface area contributed by atoms with E-state index in [0.29, 0.717) is 0 Å². The highest BCUT2D eigenvalue weighted by molar-refractivity contribution is 7.99. The van der Waals surface area contributed by atoms with Crippen LogP contribution < -0.4 is 0 Å². The Labute approximate surface area is 88.0 Å². The number of hydrogen-bond acceptors (Lipinski definition) is 3. The van der Waals surface area contributed by atoms with Gasteiger partial charge in [0.25, 0.3) is 0 Å². The van der Waals surface area contributed by atoms with Crippen molar-refractivity contribution in [2.45, 2.75) is 18.4 Å². The Balaban J connectivity index is 2.28. The summed E-state index contributed by atoms with van der Waals surface area (Å²) in [5.41, 5.74) is 0.127. The Morgan fingerprint density at radius 1 is 1.21 bits per heavy atom. The molecule has 0 atom stereocenters. The molecule has 2 N–H and O–H groups in total. The number of aliphatic hydroxyl groups is 1. The number of hydrogen-bond donors (Lipinski definition) is 2. The van der Waals surface area contributed by atoms with Crippen LogP contribution in [0, 0.1) is 0 Å². The molecule has 0 bridgehead atoms. The lowest BCUT2D eigenvalue weighted by molar-refractivity contribution is 0.0279. The highest BCUT2D eigenvalue weighted by Crippen LogP contribution is 2.36. The highest BCUT2D eigenvalue weighted by Gasteiger charge is 2.31. The topological polar surface area (TPSA) is 40.5 Å². The van der Waals surface area contributed by atoms with Crippen LogP contribution >= 0.6 is 11.8 Å². The molecule has 76 valence electrons. The van der Waals surface area contributed by atoms with Crippen LogP contribution in [0.2, 0.25) is 0 Å². The average molecular weight is 210 g/mol. The Hall–Kier alpha value is -0.670. The first-order valence-electron chi connectivity index (χ1n) is 4.80. The summed E-state index contributed by atoms with van der Waals surface area (Å²) in [6.07, 6.45) is 1.56. The van der Waals surface area contributed by atoms with Gasteiger partial charge in [0, 0.05) is 0 Å². The van der Waals surface area contributed by atoms with Crippen LogP contribution in [0.1, 0.15) is 18.4 Å². The predicted octanol–water partition coefficient (Wildman–Crippen LogP) is 2.11. The molecule has 2 nitrogen and oxygen atoms in total. The molecule has 2 rings (SSSR count). The van der Waals surface area contributed by atoms with Gasteiger partial charge in [0.15, 0.2) is 0 Å². The van der Waals surface area contributed by atoms with Crippen LogP contribution in [0.25, 0.3) is 0 Å². The van der Waals surface area contributed by atoms with E-state index in [9.17, 15) is 10.2 Å². The van der Waals surface area contributed by atoms with Crippen LogP contribution in [0.3, 0.4) is 0 Å². The van der Waals surface area contributed by atoms with Crippen LogP contribution in [0.4, 0.5) is 0 Å².